The average molecular weight is 315 g/mol. The van der Waals surface area contributed by atoms with Crippen LogP contribution in [0.5, 0.6) is 0 Å². The Morgan fingerprint density at radius 1 is 1.26 bits per heavy atom. The van der Waals surface area contributed by atoms with Crippen LogP contribution in [-0.2, 0) is 20.0 Å². The van der Waals surface area contributed by atoms with Crippen LogP contribution in [0.3, 0.4) is 0 Å². The highest BCUT2D eigenvalue weighted by Gasteiger charge is 2.11. The Labute approximate surface area is 131 Å². The molecule has 0 N–H and O–H groups in total. The van der Waals surface area contributed by atoms with Gasteiger partial charge < -0.3 is 4.52 Å². The van der Waals surface area contributed by atoms with Crippen LogP contribution in [-0.4, -0.2) is 24.3 Å². The van der Waals surface area contributed by atoms with Gasteiger partial charge in [0.1, 0.15) is 17.5 Å². The van der Waals surface area contributed by atoms with Gasteiger partial charge >= 0.3 is 5.69 Å². The van der Waals surface area contributed by atoms with Crippen LogP contribution >= 0.6 is 0 Å². The maximum absolute atomic E-state index is 12.4. The van der Waals surface area contributed by atoms with Gasteiger partial charge in [-0.2, -0.15) is 0 Å². The summed E-state index contributed by atoms with van der Waals surface area (Å²) >= 11 is 0. The molecule has 0 unspecified atom stereocenters. The number of rotatable bonds is 5. The molecule has 0 saturated heterocycles. The van der Waals surface area contributed by atoms with Gasteiger partial charge in [-0.1, -0.05) is 5.16 Å². The normalized spacial score (nSPS) is 11.2. The van der Waals surface area contributed by atoms with Crippen molar-refractivity contribution in [1.29, 1.82) is 0 Å². The van der Waals surface area contributed by atoms with Crippen LogP contribution < -0.4 is 11.2 Å². The van der Waals surface area contributed by atoms with Gasteiger partial charge in [0.25, 0.3) is 5.56 Å². The highest BCUT2D eigenvalue weighted by molar-refractivity contribution is 5.72. The minimum atomic E-state index is -0.364. The van der Waals surface area contributed by atoms with Crippen LogP contribution in [0.25, 0.3) is 11.0 Å². The van der Waals surface area contributed by atoms with Crippen LogP contribution in [0.4, 0.5) is 0 Å². The first-order valence-corrected chi connectivity index (χ1v) is 7.39. The zero-order chi connectivity index (χ0) is 16.4. The van der Waals surface area contributed by atoms with Crippen molar-refractivity contribution in [3.63, 3.8) is 0 Å². The number of aryl methyl sites for hydroxylation is 3. The molecule has 3 aromatic rings. The van der Waals surface area contributed by atoms with E-state index in [4.69, 9.17) is 4.52 Å². The Kier molecular flexibility index (Phi) is 4.05. The lowest BCUT2D eigenvalue weighted by Crippen LogP contribution is -2.39. The van der Waals surface area contributed by atoms with Crippen molar-refractivity contribution in [1.82, 2.24) is 24.3 Å². The first-order chi connectivity index (χ1) is 11.1. The number of fused-ring (bicyclic) bond motifs is 1. The smallest absolute Gasteiger partial charge is 0.332 e. The number of unbranched alkanes of at least 4 members (excludes halogenated alkanes) is 1. The van der Waals surface area contributed by atoms with E-state index in [9.17, 15) is 9.59 Å². The van der Waals surface area contributed by atoms with Gasteiger partial charge in [0.15, 0.2) is 5.65 Å². The van der Waals surface area contributed by atoms with Gasteiger partial charge in [-0.15, -0.1) is 0 Å². The first kappa shape index (κ1) is 15.1. The van der Waals surface area contributed by atoms with Crippen LogP contribution in [0, 0.1) is 6.92 Å². The molecule has 0 spiro atoms. The standard InChI is InChI=1S/C15H17N5O3/c1-10-7-11(23-18-10)5-3-4-6-20-14(21)12-8-16-9-17-13(12)19(2)15(20)22/h7-9H,3-6H2,1-2H3. The summed E-state index contributed by atoms with van der Waals surface area (Å²) in [6, 6.07) is 1.89. The predicted octanol–water partition coefficient (Wildman–Crippen LogP) is 0.810. The second kappa shape index (κ2) is 6.15. The summed E-state index contributed by atoms with van der Waals surface area (Å²) in [5.41, 5.74) is 0.485. The molecular formula is C15H17N5O3. The van der Waals surface area contributed by atoms with E-state index in [1.165, 1.54) is 21.7 Å². The quantitative estimate of drug-likeness (QED) is 0.646. The lowest BCUT2D eigenvalue weighted by Gasteiger charge is -2.09. The fourth-order valence-electron chi connectivity index (χ4n) is 2.55. The molecule has 3 aromatic heterocycles. The summed E-state index contributed by atoms with van der Waals surface area (Å²) in [5, 5.41) is 4.18. The molecule has 0 aliphatic heterocycles. The molecular weight excluding hydrogens is 298 g/mol. The molecule has 8 heteroatoms. The molecule has 0 aliphatic rings. The SMILES string of the molecule is Cc1cc(CCCCn2c(=O)c3cncnc3n(C)c2=O)on1. The van der Waals surface area contributed by atoms with Crippen molar-refractivity contribution >= 4 is 11.0 Å². The van der Waals surface area contributed by atoms with Gasteiger partial charge in [0.05, 0.1) is 5.69 Å². The van der Waals surface area contributed by atoms with Crippen molar-refractivity contribution in [3.05, 3.63) is 50.9 Å². The summed E-state index contributed by atoms with van der Waals surface area (Å²) in [6.45, 7) is 2.22. The molecule has 0 aromatic carbocycles. The Morgan fingerprint density at radius 2 is 2.09 bits per heavy atom. The minimum Gasteiger partial charge on any atom is -0.361 e. The summed E-state index contributed by atoms with van der Waals surface area (Å²) in [6.07, 6.45) is 4.98. The second-order valence-corrected chi connectivity index (χ2v) is 5.45. The summed E-state index contributed by atoms with van der Waals surface area (Å²) < 4.78 is 7.75. The number of aromatic nitrogens is 5. The van der Waals surface area contributed by atoms with E-state index in [1.54, 1.807) is 7.05 Å². The van der Waals surface area contributed by atoms with Gasteiger partial charge in [0, 0.05) is 32.3 Å². The largest absolute Gasteiger partial charge is 0.361 e. The first-order valence-electron chi connectivity index (χ1n) is 7.39. The number of hydrogen-bond donors (Lipinski definition) is 0. The molecule has 0 amide bonds. The van der Waals surface area contributed by atoms with Crippen molar-refractivity contribution in [2.24, 2.45) is 7.05 Å². The molecule has 0 fully saturated rings. The third kappa shape index (κ3) is 2.92. The zero-order valence-corrected chi connectivity index (χ0v) is 13.0. The fourth-order valence-corrected chi connectivity index (χ4v) is 2.55. The third-order valence-electron chi connectivity index (χ3n) is 3.73. The maximum atomic E-state index is 12.4. The van der Waals surface area contributed by atoms with Crippen LogP contribution in [0.1, 0.15) is 24.3 Å². The average Bonchev–Trinajstić information content (AvgIpc) is 2.97. The molecule has 0 saturated carbocycles. The fraction of sp³-hybridized carbons (Fsp3) is 0.400. The molecule has 0 aliphatic carbocycles. The molecule has 120 valence electrons. The third-order valence-corrected chi connectivity index (χ3v) is 3.73. The van der Waals surface area contributed by atoms with E-state index >= 15 is 0 Å². The predicted molar refractivity (Wildman–Crippen MR) is 83.2 cm³/mol. The molecule has 8 nitrogen and oxygen atoms in total. The molecule has 3 heterocycles. The van der Waals surface area contributed by atoms with E-state index in [1.807, 2.05) is 13.0 Å². The van der Waals surface area contributed by atoms with Crippen molar-refractivity contribution in [2.75, 3.05) is 0 Å². The van der Waals surface area contributed by atoms with Gasteiger partial charge in [-0.05, 0) is 19.8 Å². The Morgan fingerprint density at radius 3 is 2.83 bits per heavy atom. The van der Waals surface area contributed by atoms with E-state index < -0.39 is 0 Å². The molecule has 3 rings (SSSR count). The maximum Gasteiger partial charge on any atom is 0.332 e. The summed E-state index contributed by atoms with van der Waals surface area (Å²) in [5.74, 6) is 0.815. The minimum absolute atomic E-state index is 0.348. The number of hydrogen-bond acceptors (Lipinski definition) is 6. The zero-order valence-electron chi connectivity index (χ0n) is 13.0. The molecule has 23 heavy (non-hydrogen) atoms. The van der Waals surface area contributed by atoms with Crippen LogP contribution in [0.15, 0.2) is 32.7 Å². The van der Waals surface area contributed by atoms with E-state index in [2.05, 4.69) is 15.1 Å². The lowest BCUT2D eigenvalue weighted by atomic mass is 10.2. The molecule has 0 atom stereocenters. The van der Waals surface area contributed by atoms with Gasteiger partial charge in [0.2, 0.25) is 0 Å². The highest BCUT2D eigenvalue weighted by Crippen LogP contribution is 2.07. The second-order valence-electron chi connectivity index (χ2n) is 5.45. The summed E-state index contributed by atoms with van der Waals surface area (Å²) in [4.78, 5) is 32.6. The van der Waals surface area contributed by atoms with E-state index in [0.29, 0.717) is 24.0 Å². The van der Waals surface area contributed by atoms with Crippen molar-refractivity contribution in [3.8, 4) is 0 Å². The van der Waals surface area contributed by atoms with Gasteiger partial charge in [-0.25, -0.2) is 14.8 Å². The van der Waals surface area contributed by atoms with Crippen LogP contribution in [0.2, 0.25) is 0 Å². The monoisotopic (exact) mass is 315 g/mol. The van der Waals surface area contributed by atoms with E-state index in [0.717, 1.165) is 24.3 Å². The van der Waals surface area contributed by atoms with Gasteiger partial charge in [-0.3, -0.25) is 13.9 Å². The van der Waals surface area contributed by atoms with E-state index in [-0.39, 0.29) is 11.2 Å². The van der Waals surface area contributed by atoms with Crippen molar-refractivity contribution in [2.45, 2.75) is 32.7 Å². The number of nitrogens with zero attached hydrogens (tertiary/aromatic N) is 5. The Balaban J connectivity index is 1.78. The topological polar surface area (TPSA) is 95.8 Å². The highest BCUT2D eigenvalue weighted by atomic mass is 16.5. The Hall–Kier alpha value is -2.77. The Bertz CT molecular complexity index is 954. The summed E-state index contributed by atoms with van der Waals surface area (Å²) in [7, 11) is 1.60. The van der Waals surface area contributed by atoms with Crippen molar-refractivity contribution < 1.29 is 4.52 Å². The lowest BCUT2D eigenvalue weighted by molar-refractivity contribution is 0.374. The molecule has 0 bridgehead atoms. The molecule has 0 radical (unpaired) electrons.